The zero-order chi connectivity index (χ0) is 15.0. The van der Waals surface area contributed by atoms with Crippen LogP contribution < -0.4 is 10.0 Å². The second-order valence-corrected chi connectivity index (χ2v) is 7.62. The third-order valence-corrected chi connectivity index (χ3v) is 5.49. The highest BCUT2D eigenvalue weighted by atomic mass is 79.9. The molecule has 2 aromatic rings. The van der Waals surface area contributed by atoms with Gasteiger partial charge in [0.2, 0.25) is 0 Å². The van der Waals surface area contributed by atoms with E-state index in [9.17, 15) is 8.42 Å². The topological polar surface area (TPSA) is 58.2 Å². The Balaban J connectivity index is 1.93. The largest absolute Gasteiger partial charge is 0.384 e. The molecular formula is C15H15BrN2O2S. The molecule has 0 fully saturated rings. The van der Waals surface area contributed by atoms with Gasteiger partial charge in [-0.3, -0.25) is 4.72 Å². The number of rotatable bonds is 3. The van der Waals surface area contributed by atoms with Gasteiger partial charge in [-0.1, -0.05) is 12.1 Å². The molecule has 2 aromatic carbocycles. The number of sulfonamides is 1. The number of halogens is 1. The van der Waals surface area contributed by atoms with Crippen LogP contribution in [0, 0.1) is 6.92 Å². The maximum Gasteiger partial charge on any atom is 0.262 e. The normalized spacial score (nSPS) is 13.6. The minimum Gasteiger partial charge on any atom is -0.384 e. The average molecular weight is 367 g/mol. The summed E-state index contributed by atoms with van der Waals surface area (Å²) >= 11 is 3.38. The number of hydrogen-bond donors (Lipinski definition) is 2. The number of hydrogen-bond acceptors (Lipinski definition) is 3. The van der Waals surface area contributed by atoms with E-state index < -0.39 is 10.0 Å². The van der Waals surface area contributed by atoms with Crippen molar-refractivity contribution in [1.29, 1.82) is 0 Å². The van der Waals surface area contributed by atoms with Crippen molar-refractivity contribution in [2.75, 3.05) is 16.6 Å². The van der Waals surface area contributed by atoms with Crippen LogP contribution in [0.15, 0.2) is 45.8 Å². The van der Waals surface area contributed by atoms with Gasteiger partial charge in [-0.15, -0.1) is 0 Å². The summed E-state index contributed by atoms with van der Waals surface area (Å²) in [6.45, 7) is 2.81. The lowest BCUT2D eigenvalue weighted by atomic mass is 10.2. The molecule has 2 N–H and O–H groups in total. The van der Waals surface area contributed by atoms with Crippen LogP contribution in [0.2, 0.25) is 0 Å². The number of nitrogens with one attached hydrogen (secondary N) is 2. The smallest absolute Gasteiger partial charge is 0.262 e. The molecule has 0 amide bonds. The SMILES string of the molecule is Cc1ccc(NS(=O)(=O)c2ccc3c(c2)NCC3)c(Br)c1. The molecular weight excluding hydrogens is 352 g/mol. The Kier molecular flexibility index (Phi) is 3.67. The predicted molar refractivity (Wildman–Crippen MR) is 88.3 cm³/mol. The molecule has 0 aliphatic carbocycles. The van der Waals surface area contributed by atoms with Crippen LogP contribution >= 0.6 is 15.9 Å². The summed E-state index contributed by atoms with van der Waals surface area (Å²) in [5, 5.41) is 3.19. The van der Waals surface area contributed by atoms with Gasteiger partial charge in [0.15, 0.2) is 0 Å². The van der Waals surface area contributed by atoms with Gasteiger partial charge in [-0.2, -0.15) is 0 Å². The first-order valence-corrected chi connectivity index (χ1v) is 8.89. The number of fused-ring (bicyclic) bond motifs is 1. The van der Waals surface area contributed by atoms with E-state index in [0.29, 0.717) is 5.69 Å². The molecule has 6 heteroatoms. The Bertz CT molecular complexity index is 803. The summed E-state index contributed by atoms with van der Waals surface area (Å²) in [6, 6.07) is 10.7. The maximum atomic E-state index is 12.5. The molecule has 1 aliphatic rings. The lowest BCUT2D eigenvalue weighted by Gasteiger charge is -2.11. The summed E-state index contributed by atoms with van der Waals surface area (Å²) < 4.78 is 28.3. The highest BCUT2D eigenvalue weighted by Gasteiger charge is 2.19. The number of benzene rings is 2. The molecule has 0 radical (unpaired) electrons. The molecule has 0 spiro atoms. The van der Waals surface area contributed by atoms with Gasteiger partial charge >= 0.3 is 0 Å². The van der Waals surface area contributed by atoms with Gasteiger partial charge in [-0.25, -0.2) is 8.42 Å². The minimum absolute atomic E-state index is 0.267. The van der Waals surface area contributed by atoms with E-state index in [-0.39, 0.29) is 4.90 Å². The Morgan fingerprint density at radius 3 is 2.76 bits per heavy atom. The second-order valence-electron chi connectivity index (χ2n) is 5.08. The third kappa shape index (κ3) is 2.91. The quantitative estimate of drug-likeness (QED) is 0.873. The molecule has 0 saturated carbocycles. The van der Waals surface area contributed by atoms with Crippen molar-refractivity contribution < 1.29 is 8.42 Å². The van der Waals surface area contributed by atoms with Crippen molar-refractivity contribution in [3.63, 3.8) is 0 Å². The molecule has 0 atom stereocenters. The first kappa shape index (κ1) is 14.4. The summed E-state index contributed by atoms with van der Waals surface area (Å²) in [5.74, 6) is 0. The van der Waals surface area contributed by atoms with Crippen LogP contribution in [0.25, 0.3) is 0 Å². The minimum atomic E-state index is -3.59. The van der Waals surface area contributed by atoms with E-state index in [1.54, 1.807) is 18.2 Å². The van der Waals surface area contributed by atoms with E-state index in [4.69, 9.17) is 0 Å². The Morgan fingerprint density at radius 2 is 2.00 bits per heavy atom. The van der Waals surface area contributed by atoms with Crippen molar-refractivity contribution in [2.24, 2.45) is 0 Å². The lowest BCUT2D eigenvalue weighted by molar-refractivity contribution is 0.601. The molecule has 0 bridgehead atoms. The highest BCUT2D eigenvalue weighted by Crippen LogP contribution is 2.29. The summed E-state index contributed by atoms with van der Waals surface area (Å²) in [5.41, 5.74) is 3.66. The standard InChI is InChI=1S/C15H15BrN2O2S/c1-10-2-5-14(13(16)8-10)18-21(19,20)12-4-3-11-6-7-17-15(11)9-12/h2-5,8-9,17-18H,6-7H2,1H3. The van der Waals surface area contributed by atoms with Crippen LogP contribution in [-0.2, 0) is 16.4 Å². The molecule has 1 aliphatic heterocycles. The Labute approximate surface area is 132 Å². The lowest BCUT2D eigenvalue weighted by Crippen LogP contribution is -2.13. The molecule has 0 aromatic heterocycles. The molecule has 0 unspecified atom stereocenters. The summed E-state index contributed by atoms with van der Waals surface area (Å²) in [7, 11) is -3.59. The van der Waals surface area contributed by atoms with E-state index in [1.807, 2.05) is 25.1 Å². The number of anilines is 2. The van der Waals surface area contributed by atoms with E-state index >= 15 is 0 Å². The molecule has 0 saturated heterocycles. The second kappa shape index (κ2) is 5.35. The fourth-order valence-electron chi connectivity index (χ4n) is 2.34. The molecule has 21 heavy (non-hydrogen) atoms. The monoisotopic (exact) mass is 366 g/mol. The first-order chi connectivity index (χ1) is 9.95. The van der Waals surface area contributed by atoms with Crippen molar-refractivity contribution in [3.05, 3.63) is 52.0 Å². The highest BCUT2D eigenvalue weighted by molar-refractivity contribution is 9.10. The fraction of sp³-hybridized carbons (Fsp3) is 0.200. The first-order valence-electron chi connectivity index (χ1n) is 6.61. The van der Waals surface area contributed by atoms with Crippen molar-refractivity contribution >= 4 is 37.3 Å². The van der Waals surface area contributed by atoms with E-state index in [1.165, 1.54) is 0 Å². The van der Waals surface area contributed by atoms with Gasteiger partial charge in [0.05, 0.1) is 10.6 Å². The van der Waals surface area contributed by atoms with E-state index in [2.05, 4.69) is 26.0 Å². The summed E-state index contributed by atoms with van der Waals surface area (Å²) in [4.78, 5) is 0.267. The zero-order valence-electron chi connectivity index (χ0n) is 11.5. The van der Waals surface area contributed by atoms with Crippen LogP contribution in [0.3, 0.4) is 0 Å². The van der Waals surface area contributed by atoms with Gasteiger partial charge in [-0.05, 0) is 64.7 Å². The van der Waals surface area contributed by atoms with Crippen LogP contribution in [0.1, 0.15) is 11.1 Å². The molecule has 1 heterocycles. The third-order valence-electron chi connectivity index (χ3n) is 3.47. The van der Waals surface area contributed by atoms with Gasteiger partial charge in [0, 0.05) is 16.7 Å². The van der Waals surface area contributed by atoms with Crippen LogP contribution in [0.5, 0.6) is 0 Å². The molecule has 4 nitrogen and oxygen atoms in total. The van der Waals surface area contributed by atoms with Crippen molar-refractivity contribution in [1.82, 2.24) is 0 Å². The molecule has 110 valence electrons. The predicted octanol–water partition coefficient (Wildman–Crippen LogP) is 3.53. The Morgan fingerprint density at radius 1 is 1.19 bits per heavy atom. The number of aryl methyl sites for hydroxylation is 1. The Hall–Kier alpha value is -1.53. The maximum absolute atomic E-state index is 12.5. The zero-order valence-corrected chi connectivity index (χ0v) is 13.9. The van der Waals surface area contributed by atoms with Crippen molar-refractivity contribution in [3.8, 4) is 0 Å². The average Bonchev–Trinajstić information content (AvgIpc) is 2.89. The van der Waals surface area contributed by atoms with Crippen molar-refractivity contribution in [2.45, 2.75) is 18.2 Å². The fourth-order valence-corrected chi connectivity index (χ4v) is 4.17. The van der Waals surface area contributed by atoms with Gasteiger partial charge < -0.3 is 5.32 Å². The van der Waals surface area contributed by atoms with Crippen LogP contribution in [0.4, 0.5) is 11.4 Å². The van der Waals surface area contributed by atoms with Gasteiger partial charge in [0.25, 0.3) is 10.0 Å². The molecule has 3 rings (SSSR count). The van der Waals surface area contributed by atoms with E-state index in [0.717, 1.165) is 34.3 Å². The van der Waals surface area contributed by atoms with Crippen LogP contribution in [-0.4, -0.2) is 15.0 Å². The van der Waals surface area contributed by atoms with Gasteiger partial charge in [0.1, 0.15) is 0 Å². The summed E-state index contributed by atoms with van der Waals surface area (Å²) in [6.07, 6.45) is 0.937.